The van der Waals surface area contributed by atoms with E-state index in [1.807, 2.05) is 24.6 Å². The molecule has 5 rings (SSSR count). The van der Waals surface area contributed by atoms with E-state index in [1.165, 1.54) is 0 Å². The predicted molar refractivity (Wildman–Crippen MR) is 117 cm³/mol. The van der Waals surface area contributed by atoms with Crippen LogP contribution in [0, 0.1) is 6.92 Å². The molecular weight excluding hydrogens is 408 g/mol. The van der Waals surface area contributed by atoms with Gasteiger partial charge in [0.25, 0.3) is 5.91 Å². The standard InChI is InChI=1S/C23H26N6O3/c1-14(2)29-20-17(13-24-29)16(12-18(26-20)19-8-7-11-31-19)21(30)27-23(9-5-4-6-10-23)22-25-15(3)32-28-22/h7-8,11-14H,4-6,9-10H2,1-3H3,(H,27,30). The van der Waals surface area contributed by atoms with Crippen molar-refractivity contribution in [1.29, 1.82) is 0 Å². The van der Waals surface area contributed by atoms with Crippen molar-refractivity contribution < 1.29 is 13.7 Å². The number of hydrogen-bond acceptors (Lipinski definition) is 7. The van der Waals surface area contributed by atoms with Gasteiger partial charge in [0.2, 0.25) is 5.89 Å². The number of hydrogen-bond donors (Lipinski definition) is 1. The molecule has 0 radical (unpaired) electrons. The number of carbonyl (C=O) groups excluding carboxylic acids is 1. The van der Waals surface area contributed by atoms with Gasteiger partial charge in [-0.05, 0) is 44.9 Å². The lowest BCUT2D eigenvalue weighted by Crippen LogP contribution is -2.48. The van der Waals surface area contributed by atoms with E-state index in [4.69, 9.17) is 13.9 Å². The fourth-order valence-corrected chi connectivity index (χ4v) is 4.47. The average molecular weight is 435 g/mol. The molecule has 1 N–H and O–H groups in total. The fraction of sp³-hybridized carbons (Fsp3) is 0.435. The molecule has 4 aromatic rings. The van der Waals surface area contributed by atoms with Crippen molar-refractivity contribution in [3.63, 3.8) is 0 Å². The zero-order chi connectivity index (χ0) is 22.3. The Hall–Kier alpha value is -3.49. The van der Waals surface area contributed by atoms with Gasteiger partial charge in [-0.15, -0.1) is 0 Å². The van der Waals surface area contributed by atoms with Crippen LogP contribution in [0.15, 0.2) is 39.6 Å². The number of carbonyl (C=O) groups is 1. The minimum absolute atomic E-state index is 0.0924. The van der Waals surface area contributed by atoms with Crippen LogP contribution in [0.5, 0.6) is 0 Å². The Morgan fingerprint density at radius 1 is 1.22 bits per heavy atom. The summed E-state index contributed by atoms with van der Waals surface area (Å²) in [6.45, 7) is 5.82. The molecule has 32 heavy (non-hydrogen) atoms. The third-order valence-corrected chi connectivity index (χ3v) is 6.09. The lowest BCUT2D eigenvalue weighted by Gasteiger charge is -2.35. The Balaban J connectivity index is 1.60. The van der Waals surface area contributed by atoms with Gasteiger partial charge in [-0.1, -0.05) is 24.4 Å². The minimum atomic E-state index is -0.651. The van der Waals surface area contributed by atoms with Gasteiger partial charge < -0.3 is 14.3 Å². The Bertz CT molecular complexity index is 1250. The smallest absolute Gasteiger partial charge is 0.252 e. The molecule has 166 valence electrons. The van der Waals surface area contributed by atoms with E-state index < -0.39 is 5.54 Å². The van der Waals surface area contributed by atoms with Crippen LogP contribution in [0.1, 0.15) is 74.1 Å². The van der Waals surface area contributed by atoms with Crippen LogP contribution in [0.4, 0.5) is 0 Å². The number of aryl methyl sites for hydroxylation is 1. The highest BCUT2D eigenvalue weighted by atomic mass is 16.5. The molecule has 0 spiro atoms. The zero-order valence-electron chi connectivity index (χ0n) is 18.5. The largest absolute Gasteiger partial charge is 0.463 e. The molecule has 9 heteroatoms. The molecule has 0 aromatic carbocycles. The van der Waals surface area contributed by atoms with Crippen molar-refractivity contribution >= 4 is 16.9 Å². The van der Waals surface area contributed by atoms with Crippen LogP contribution in [0.25, 0.3) is 22.5 Å². The van der Waals surface area contributed by atoms with Crippen molar-refractivity contribution in [2.24, 2.45) is 0 Å². The highest BCUT2D eigenvalue weighted by molar-refractivity contribution is 6.06. The highest BCUT2D eigenvalue weighted by Gasteiger charge is 2.40. The van der Waals surface area contributed by atoms with E-state index in [0.29, 0.717) is 39.8 Å². The topological polar surface area (TPSA) is 112 Å². The van der Waals surface area contributed by atoms with Gasteiger partial charge in [0, 0.05) is 13.0 Å². The predicted octanol–water partition coefficient (Wildman–Crippen LogP) is 4.55. The van der Waals surface area contributed by atoms with Gasteiger partial charge in [-0.3, -0.25) is 4.79 Å². The second-order valence-corrected chi connectivity index (χ2v) is 8.69. The number of furan rings is 1. The zero-order valence-corrected chi connectivity index (χ0v) is 18.5. The molecule has 1 aliphatic carbocycles. The quantitative estimate of drug-likeness (QED) is 0.490. The first-order valence-corrected chi connectivity index (χ1v) is 11.0. The summed E-state index contributed by atoms with van der Waals surface area (Å²) in [5, 5.41) is 12.6. The van der Waals surface area contributed by atoms with Crippen LogP contribution in [0.2, 0.25) is 0 Å². The lowest BCUT2D eigenvalue weighted by atomic mass is 9.80. The normalized spacial score (nSPS) is 16.0. The molecular formula is C23H26N6O3. The van der Waals surface area contributed by atoms with Crippen molar-refractivity contribution in [2.45, 2.75) is 64.5 Å². The first-order valence-electron chi connectivity index (χ1n) is 11.0. The second-order valence-electron chi connectivity index (χ2n) is 8.69. The van der Waals surface area contributed by atoms with Crippen LogP contribution in [-0.4, -0.2) is 30.8 Å². The lowest BCUT2D eigenvalue weighted by molar-refractivity contribution is 0.0857. The maximum absolute atomic E-state index is 13.7. The Labute approximate surface area is 185 Å². The number of fused-ring (bicyclic) bond motifs is 1. The molecule has 1 saturated carbocycles. The molecule has 1 amide bonds. The minimum Gasteiger partial charge on any atom is -0.463 e. The summed E-state index contributed by atoms with van der Waals surface area (Å²) in [7, 11) is 0. The van der Waals surface area contributed by atoms with Gasteiger partial charge in [0.05, 0.1) is 23.4 Å². The van der Waals surface area contributed by atoms with Gasteiger partial charge in [0.1, 0.15) is 11.2 Å². The van der Waals surface area contributed by atoms with Crippen LogP contribution in [-0.2, 0) is 5.54 Å². The maximum atomic E-state index is 13.7. The van der Waals surface area contributed by atoms with Gasteiger partial charge in [-0.25, -0.2) is 9.67 Å². The molecule has 4 heterocycles. The van der Waals surface area contributed by atoms with E-state index in [0.717, 1.165) is 32.1 Å². The molecule has 4 aromatic heterocycles. The summed E-state index contributed by atoms with van der Waals surface area (Å²) in [5.41, 5.74) is 1.08. The molecule has 1 fully saturated rings. The molecule has 9 nitrogen and oxygen atoms in total. The van der Waals surface area contributed by atoms with E-state index in [1.54, 1.807) is 31.5 Å². The molecule has 0 bridgehead atoms. The first-order chi connectivity index (χ1) is 15.5. The summed E-state index contributed by atoms with van der Waals surface area (Å²) < 4.78 is 12.6. The van der Waals surface area contributed by atoms with Gasteiger partial charge >= 0.3 is 0 Å². The summed E-state index contributed by atoms with van der Waals surface area (Å²) in [6.07, 6.45) is 7.93. The van der Waals surface area contributed by atoms with Crippen LogP contribution < -0.4 is 5.32 Å². The van der Waals surface area contributed by atoms with Gasteiger partial charge in [-0.2, -0.15) is 10.1 Å². The number of amides is 1. The Morgan fingerprint density at radius 2 is 2.03 bits per heavy atom. The maximum Gasteiger partial charge on any atom is 0.252 e. The van der Waals surface area contributed by atoms with Crippen molar-refractivity contribution in [3.05, 3.63) is 47.9 Å². The van der Waals surface area contributed by atoms with Crippen molar-refractivity contribution in [3.8, 4) is 11.5 Å². The Morgan fingerprint density at radius 3 is 2.69 bits per heavy atom. The second kappa shape index (κ2) is 7.89. The summed E-state index contributed by atoms with van der Waals surface area (Å²) in [5.74, 6) is 1.41. The summed E-state index contributed by atoms with van der Waals surface area (Å²) in [6, 6.07) is 5.49. The first kappa shape index (κ1) is 20.4. The number of pyridine rings is 1. The third kappa shape index (κ3) is 3.47. The number of rotatable bonds is 5. The van der Waals surface area contributed by atoms with E-state index >= 15 is 0 Å². The molecule has 1 aliphatic rings. The fourth-order valence-electron chi connectivity index (χ4n) is 4.47. The third-order valence-electron chi connectivity index (χ3n) is 6.09. The van der Waals surface area contributed by atoms with E-state index in [2.05, 4.69) is 20.6 Å². The van der Waals surface area contributed by atoms with E-state index in [9.17, 15) is 4.79 Å². The van der Waals surface area contributed by atoms with Gasteiger partial charge in [0.15, 0.2) is 17.2 Å². The van der Waals surface area contributed by atoms with Crippen LogP contribution in [0.3, 0.4) is 0 Å². The number of nitrogens with one attached hydrogen (secondary N) is 1. The van der Waals surface area contributed by atoms with Crippen molar-refractivity contribution in [2.75, 3.05) is 0 Å². The van der Waals surface area contributed by atoms with E-state index in [-0.39, 0.29) is 11.9 Å². The molecule has 0 atom stereocenters. The Kier molecular flexibility index (Phi) is 5.03. The molecule has 0 aliphatic heterocycles. The SMILES string of the molecule is Cc1nc(C2(NC(=O)c3cc(-c4ccco4)nc4c3cnn4C(C)C)CCCCC2)no1. The summed E-state index contributed by atoms with van der Waals surface area (Å²) >= 11 is 0. The highest BCUT2D eigenvalue weighted by Crippen LogP contribution is 2.36. The van der Waals surface area contributed by atoms with Crippen molar-refractivity contribution in [1.82, 2.24) is 30.2 Å². The summed E-state index contributed by atoms with van der Waals surface area (Å²) in [4.78, 5) is 22.9. The molecule has 0 saturated heterocycles. The number of aromatic nitrogens is 5. The average Bonchev–Trinajstić information content (AvgIpc) is 3.54. The van der Waals surface area contributed by atoms with Crippen LogP contribution >= 0.6 is 0 Å². The molecule has 0 unspecified atom stereocenters. The number of nitrogens with zero attached hydrogens (tertiary/aromatic N) is 5. The monoisotopic (exact) mass is 434 g/mol.